The van der Waals surface area contributed by atoms with Crippen LogP contribution in [0.25, 0.3) is 5.69 Å². The van der Waals surface area contributed by atoms with Gasteiger partial charge in [-0.1, -0.05) is 41.6 Å². The van der Waals surface area contributed by atoms with E-state index in [1.807, 2.05) is 21.1 Å². The first-order valence-electron chi connectivity index (χ1n) is 11.8. The molecule has 1 amide bonds. The molecule has 0 atom stereocenters. The summed E-state index contributed by atoms with van der Waals surface area (Å²) in [6.07, 6.45) is 3.60. The maximum absolute atomic E-state index is 12.9. The number of rotatable bonds is 8. The van der Waals surface area contributed by atoms with E-state index in [0.717, 1.165) is 41.1 Å². The van der Waals surface area contributed by atoms with Gasteiger partial charge in [0.15, 0.2) is 5.16 Å². The number of aryl methyl sites for hydroxylation is 1. The monoisotopic (exact) mass is 478 g/mol. The van der Waals surface area contributed by atoms with Crippen LogP contribution in [0.5, 0.6) is 0 Å². The van der Waals surface area contributed by atoms with Gasteiger partial charge >= 0.3 is 0 Å². The first-order valence-corrected chi connectivity index (χ1v) is 12.8. The van der Waals surface area contributed by atoms with E-state index in [1.165, 1.54) is 36.6 Å². The zero-order chi connectivity index (χ0) is 24.1. The number of hydrogen-bond donors (Lipinski definition) is 0. The summed E-state index contributed by atoms with van der Waals surface area (Å²) in [6, 6.07) is 16.7. The topological polar surface area (TPSA) is 57.5 Å². The average Bonchev–Trinajstić information content (AvgIpc) is 3.27. The highest BCUT2D eigenvalue weighted by molar-refractivity contribution is 7.99. The molecule has 180 valence electrons. The van der Waals surface area contributed by atoms with Crippen LogP contribution in [-0.2, 0) is 11.3 Å². The molecule has 1 aliphatic heterocycles. The summed E-state index contributed by atoms with van der Waals surface area (Å²) in [5.74, 6) is 1.25. The third-order valence-electron chi connectivity index (χ3n) is 6.17. The van der Waals surface area contributed by atoms with Crippen LogP contribution in [0.15, 0.2) is 53.7 Å². The predicted molar refractivity (Wildman–Crippen MR) is 140 cm³/mol. The summed E-state index contributed by atoms with van der Waals surface area (Å²) in [4.78, 5) is 19.1. The second kappa shape index (κ2) is 11.0. The molecule has 1 fully saturated rings. The van der Waals surface area contributed by atoms with Crippen LogP contribution in [-0.4, -0.2) is 65.6 Å². The van der Waals surface area contributed by atoms with Crippen LogP contribution in [0, 0.1) is 6.92 Å². The second-order valence-electron chi connectivity index (χ2n) is 9.10. The number of aromatic nitrogens is 3. The zero-order valence-corrected chi connectivity index (χ0v) is 21.4. The summed E-state index contributed by atoms with van der Waals surface area (Å²) in [5.41, 5.74) is 4.50. The minimum Gasteiger partial charge on any atom is -0.378 e. The van der Waals surface area contributed by atoms with Crippen LogP contribution < -0.4 is 9.80 Å². The van der Waals surface area contributed by atoms with Gasteiger partial charge in [0.05, 0.1) is 11.4 Å². The molecule has 1 aliphatic rings. The standard InChI is InChI=1S/C26H34N6OS/c1-20-8-12-23(13-9-20)32-25(31-16-6-5-7-17-31)27-28-26(32)34-19-24(33)30(4)18-21-10-14-22(15-11-21)29(2)3/h8-15H,5-7,16-19H2,1-4H3. The molecule has 3 aromatic rings. The van der Waals surface area contributed by atoms with Crippen molar-refractivity contribution in [3.8, 4) is 5.69 Å². The van der Waals surface area contributed by atoms with Crippen molar-refractivity contribution >= 4 is 29.3 Å². The molecule has 2 heterocycles. The lowest BCUT2D eigenvalue weighted by Gasteiger charge is -2.27. The van der Waals surface area contributed by atoms with Crippen molar-refractivity contribution < 1.29 is 4.79 Å². The summed E-state index contributed by atoms with van der Waals surface area (Å²) < 4.78 is 2.10. The molecular formula is C26H34N6OS. The fourth-order valence-electron chi connectivity index (χ4n) is 4.07. The number of nitrogens with zero attached hydrogens (tertiary/aromatic N) is 6. The Morgan fingerprint density at radius 2 is 1.62 bits per heavy atom. The normalized spacial score (nSPS) is 13.7. The molecule has 4 rings (SSSR count). The third-order valence-corrected chi connectivity index (χ3v) is 7.08. The van der Waals surface area contributed by atoms with E-state index in [1.54, 1.807) is 4.90 Å². The van der Waals surface area contributed by atoms with Gasteiger partial charge in [0.2, 0.25) is 11.9 Å². The molecule has 8 heteroatoms. The number of anilines is 2. The van der Waals surface area contributed by atoms with Gasteiger partial charge in [0, 0.05) is 46.5 Å². The van der Waals surface area contributed by atoms with Crippen molar-refractivity contribution in [1.82, 2.24) is 19.7 Å². The highest BCUT2D eigenvalue weighted by Gasteiger charge is 2.22. The highest BCUT2D eigenvalue weighted by atomic mass is 32.2. The molecule has 0 saturated carbocycles. The maximum Gasteiger partial charge on any atom is 0.233 e. The SMILES string of the molecule is Cc1ccc(-n2c(SCC(=O)N(C)Cc3ccc(N(C)C)cc3)nnc2N2CCCCC2)cc1. The van der Waals surface area contributed by atoms with E-state index in [9.17, 15) is 4.79 Å². The zero-order valence-electron chi connectivity index (χ0n) is 20.6. The maximum atomic E-state index is 12.9. The van der Waals surface area contributed by atoms with E-state index in [0.29, 0.717) is 12.3 Å². The van der Waals surface area contributed by atoms with Crippen molar-refractivity contribution in [2.45, 2.75) is 37.9 Å². The number of amides is 1. The Morgan fingerprint density at radius 1 is 0.941 bits per heavy atom. The lowest BCUT2D eigenvalue weighted by molar-refractivity contribution is -0.127. The van der Waals surface area contributed by atoms with Gasteiger partial charge in [-0.2, -0.15) is 0 Å². The van der Waals surface area contributed by atoms with Crippen LogP contribution in [0.1, 0.15) is 30.4 Å². The predicted octanol–water partition coefficient (Wildman–Crippen LogP) is 4.38. The van der Waals surface area contributed by atoms with Crippen LogP contribution in [0.4, 0.5) is 11.6 Å². The Hall–Kier alpha value is -3.00. The van der Waals surface area contributed by atoms with Gasteiger partial charge in [-0.3, -0.25) is 9.36 Å². The Labute approximate surface area is 206 Å². The Kier molecular flexibility index (Phi) is 7.77. The van der Waals surface area contributed by atoms with Gasteiger partial charge in [-0.05, 0) is 56.0 Å². The van der Waals surface area contributed by atoms with Gasteiger partial charge in [-0.25, -0.2) is 0 Å². The number of thioether (sulfide) groups is 1. The summed E-state index contributed by atoms with van der Waals surface area (Å²) in [6.45, 7) is 4.64. The van der Waals surface area contributed by atoms with Crippen LogP contribution in [0.3, 0.4) is 0 Å². The lowest BCUT2D eigenvalue weighted by atomic mass is 10.1. The molecule has 0 bridgehead atoms. The molecular weight excluding hydrogens is 444 g/mol. The Bertz CT molecular complexity index is 1090. The molecule has 1 saturated heterocycles. The first kappa shape index (κ1) is 24.1. The quantitative estimate of drug-likeness (QED) is 0.448. The van der Waals surface area contributed by atoms with Gasteiger partial charge in [-0.15, -0.1) is 10.2 Å². The molecule has 0 aliphatic carbocycles. The van der Waals surface area contributed by atoms with E-state index in [2.05, 4.69) is 80.0 Å². The van der Waals surface area contributed by atoms with E-state index in [-0.39, 0.29) is 5.91 Å². The third kappa shape index (κ3) is 5.73. The fraction of sp³-hybridized carbons (Fsp3) is 0.423. The lowest BCUT2D eigenvalue weighted by Crippen LogP contribution is -2.31. The summed E-state index contributed by atoms with van der Waals surface area (Å²) >= 11 is 1.45. The van der Waals surface area contributed by atoms with Crippen molar-refractivity contribution in [3.63, 3.8) is 0 Å². The number of piperidine rings is 1. The second-order valence-corrected chi connectivity index (χ2v) is 10.0. The van der Waals surface area contributed by atoms with Gasteiger partial charge < -0.3 is 14.7 Å². The van der Waals surface area contributed by atoms with E-state index < -0.39 is 0 Å². The van der Waals surface area contributed by atoms with Crippen molar-refractivity contribution in [1.29, 1.82) is 0 Å². The summed E-state index contributed by atoms with van der Waals surface area (Å²) in [5, 5.41) is 9.78. The molecule has 0 spiro atoms. The molecule has 2 aromatic carbocycles. The minimum atomic E-state index is 0.0691. The highest BCUT2D eigenvalue weighted by Crippen LogP contribution is 2.28. The van der Waals surface area contributed by atoms with Gasteiger partial charge in [0.25, 0.3) is 0 Å². The minimum absolute atomic E-state index is 0.0691. The molecule has 7 nitrogen and oxygen atoms in total. The Morgan fingerprint density at radius 3 is 2.26 bits per heavy atom. The molecule has 34 heavy (non-hydrogen) atoms. The van der Waals surface area contributed by atoms with Crippen LogP contribution >= 0.6 is 11.8 Å². The fourth-order valence-corrected chi connectivity index (χ4v) is 4.96. The number of carbonyl (C=O) groups excluding carboxylic acids is 1. The number of carbonyl (C=O) groups is 1. The van der Waals surface area contributed by atoms with E-state index in [4.69, 9.17) is 0 Å². The Balaban J connectivity index is 1.46. The van der Waals surface area contributed by atoms with E-state index >= 15 is 0 Å². The molecule has 0 radical (unpaired) electrons. The van der Waals surface area contributed by atoms with Gasteiger partial charge in [0.1, 0.15) is 0 Å². The smallest absolute Gasteiger partial charge is 0.233 e. The molecule has 0 N–H and O–H groups in total. The number of hydrogen-bond acceptors (Lipinski definition) is 6. The van der Waals surface area contributed by atoms with Crippen LogP contribution in [0.2, 0.25) is 0 Å². The summed E-state index contributed by atoms with van der Waals surface area (Å²) in [7, 11) is 5.90. The van der Waals surface area contributed by atoms with Crippen molar-refractivity contribution in [3.05, 3.63) is 59.7 Å². The average molecular weight is 479 g/mol. The number of benzene rings is 2. The largest absolute Gasteiger partial charge is 0.378 e. The van der Waals surface area contributed by atoms with Crippen molar-refractivity contribution in [2.75, 3.05) is 49.8 Å². The molecule has 1 aromatic heterocycles. The van der Waals surface area contributed by atoms with Crippen molar-refractivity contribution in [2.24, 2.45) is 0 Å². The molecule has 0 unspecified atom stereocenters. The first-order chi connectivity index (χ1) is 16.4.